The van der Waals surface area contributed by atoms with Crippen LogP contribution in [0.1, 0.15) is 39.5 Å². The summed E-state index contributed by atoms with van der Waals surface area (Å²) < 4.78 is 0. The van der Waals surface area contributed by atoms with Gasteiger partial charge in [-0.05, 0) is 11.8 Å². The van der Waals surface area contributed by atoms with Crippen molar-refractivity contribution < 1.29 is 4.79 Å². The quantitative estimate of drug-likeness (QED) is 0.665. The first-order valence-corrected chi connectivity index (χ1v) is 5.07. The van der Waals surface area contributed by atoms with Crippen LogP contribution in [0.5, 0.6) is 0 Å². The SMILES string of the molecule is CC(C)C(C#N)C(=O)CC1CCC1. The fourth-order valence-electron chi connectivity index (χ4n) is 1.70. The molecule has 1 rings (SSSR count). The molecule has 0 saturated heterocycles. The van der Waals surface area contributed by atoms with Crippen LogP contribution in [0.3, 0.4) is 0 Å². The molecule has 1 saturated carbocycles. The molecule has 0 amide bonds. The summed E-state index contributed by atoms with van der Waals surface area (Å²) in [5.41, 5.74) is 0. The van der Waals surface area contributed by atoms with Crippen LogP contribution in [0.15, 0.2) is 0 Å². The molecule has 72 valence electrons. The van der Waals surface area contributed by atoms with Gasteiger partial charge in [-0.15, -0.1) is 0 Å². The first-order valence-electron chi connectivity index (χ1n) is 5.07. The number of hydrogen-bond donors (Lipinski definition) is 0. The Balaban J connectivity index is 2.40. The predicted octanol–water partition coefficient (Wildman–Crippen LogP) is 2.54. The zero-order valence-corrected chi connectivity index (χ0v) is 8.42. The molecule has 1 unspecified atom stereocenters. The Kier molecular flexibility index (Phi) is 3.48. The third-order valence-corrected chi connectivity index (χ3v) is 2.87. The van der Waals surface area contributed by atoms with Gasteiger partial charge in [0.1, 0.15) is 5.92 Å². The van der Waals surface area contributed by atoms with E-state index in [1.165, 1.54) is 19.3 Å². The summed E-state index contributed by atoms with van der Waals surface area (Å²) in [6, 6.07) is 2.11. The molecule has 0 radical (unpaired) electrons. The number of nitrogens with zero attached hydrogens (tertiary/aromatic N) is 1. The fraction of sp³-hybridized carbons (Fsp3) is 0.818. The van der Waals surface area contributed by atoms with Gasteiger partial charge in [-0.25, -0.2) is 0 Å². The van der Waals surface area contributed by atoms with Gasteiger partial charge in [0.2, 0.25) is 0 Å². The molecule has 0 spiro atoms. The lowest BCUT2D eigenvalue weighted by atomic mass is 9.78. The molecule has 0 bridgehead atoms. The number of Topliss-reactive ketones (excluding diaryl/α,β-unsaturated/α-hetero) is 1. The van der Waals surface area contributed by atoms with Gasteiger partial charge in [0.05, 0.1) is 6.07 Å². The predicted molar refractivity (Wildman–Crippen MR) is 50.9 cm³/mol. The second-order valence-corrected chi connectivity index (χ2v) is 4.32. The molecule has 0 N–H and O–H groups in total. The molecule has 0 aromatic rings. The second-order valence-electron chi connectivity index (χ2n) is 4.32. The summed E-state index contributed by atoms with van der Waals surface area (Å²) in [6.07, 6.45) is 4.26. The molecule has 1 fully saturated rings. The number of hydrogen-bond acceptors (Lipinski definition) is 2. The summed E-state index contributed by atoms with van der Waals surface area (Å²) in [7, 11) is 0. The van der Waals surface area contributed by atoms with Gasteiger partial charge in [0.25, 0.3) is 0 Å². The van der Waals surface area contributed by atoms with E-state index in [0.717, 1.165) is 0 Å². The monoisotopic (exact) mass is 179 g/mol. The van der Waals surface area contributed by atoms with E-state index in [4.69, 9.17) is 5.26 Å². The van der Waals surface area contributed by atoms with Crippen molar-refractivity contribution in [3.05, 3.63) is 0 Å². The first kappa shape index (κ1) is 10.2. The van der Waals surface area contributed by atoms with E-state index < -0.39 is 0 Å². The number of rotatable bonds is 4. The first-order chi connectivity index (χ1) is 6.15. The van der Waals surface area contributed by atoms with E-state index in [-0.39, 0.29) is 17.6 Å². The zero-order chi connectivity index (χ0) is 9.84. The van der Waals surface area contributed by atoms with Gasteiger partial charge in [-0.2, -0.15) is 5.26 Å². The second kappa shape index (κ2) is 4.41. The maximum Gasteiger partial charge on any atom is 0.150 e. The van der Waals surface area contributed by atoms with Crippen LogP contribution in [-0.4, -0.2) is 5.78 Å². The Morgan fingerprint density at radius 3 is 2.46 bits per heavy atom. The van der Waals surface area contributed by atoms with Crippen LogP contribution in [0.4, 0.5) is 0 Å². The van der Waals surface area contributed by atoms with Crippen molar-refractivity contribution >= 4 is 5.78 Å². The van der Waals surface area contributed by atoms with Gasteiger partial charge in [0, 0.05) is 6.42 Å². The standard InChI is InChI=1S/C11H17NO/c1-8(2)10(7-12)11(13)6-9-4-3-5-9/h8-10H,3-6H2,1-2H3. The van der Waals surface area contributed by atoms with Crippen molar-refractivity contribution in [1.29, 1.82) is 5.26 Å². The molecule has 2 nitrogen and oxygen atoms in total. The lowest BCUT2D eigenvalue weighted by Crippen LogP contribution is -2.24. The Labute approximate surface area is 79.9 Å². The molecule has 0 aliphatic heterocycles. The Morgan fingerprint density at radius 1 is 1.54 bits per heavy atom. The molecular formula is C11H17NO. The highest BCUT2D eigenvalue weighted by Gasteiger charge is 2.27. The molecule has 1 atom stereocenters. The fourth-order valence-corrected chi connectivity index (χ4v) is 1.70. The lowest BCUT2D eigenvalue weighted by molar-refractivity contribution is -0.123. The van der Waals surface area contributed by atoms with Crippen LogP contribution in [0.2, 0.25) is 0 Å². The molecule has 1 aliphatic rings. The largest absolute Gasteiger partial charge is 0.298 e. The summed E-state index contributed by atoms with van der Waals surface area (Å²) in [5, 5.41) is 8.80. The minimum atomic E-state index is -0.374. The Bertz CT molecular complexity index is 223. The van der Waals surface area contributed by atoms with Gasteiger partial charge in [-0.1, -0.05) is 33.1 Å². The van der Waals surface area contributed by atoms with E-state index in [2.05, 4.69) is 6.07 Å². The maximum atomic E-state index is 11.6. The maximum absolute atomic E-state index is 11.6. The average Bonchev–Trinajstić information content (AvgIpc) is 1.97. The Morgan fingerprint density at radius 2 is 2.15 bits per heavy atom. The highest BCUT2D eigenvalue weighted by molar-refractivity contribution is 5.83. The van der Waals surface area contributed by atoms with Crippen molar-refractivity contribution in [3.8, 4) is 6.07 Å². The molecular weight excluding hydrogens is 162 g/mol. The number of carbonyl (C=O) groups excluding carboxylic acids is 1. The van der Waals surface area contributed by atoms with Crippen molar-refractivity contribution in [3.63, 3.8) is 0 Å². The molecule has 0 heterocycles. The van der Waals surface area contributed by atoms with Crippen LogP contribution in [0.25, 0.3) is 0 Å². The third kappa shape index (κ3) is 2.55. The topological polar surface area (TPSA) is 40.9 Å². The summed E-state index contributed by atoms with van der Waals surface area (Å²) in [6.45, 7) is 3.87. The van der Waals surface area contributed by atoms with Crippen LogP contribution in [0, 0.1) is 29.1 Å². The minimum Gasteiger partial charge on any atom is -0.298 e. The molecule has 2 heteroatoms. The van der Waals surface area contributed by atoms with Crippen LogP contribution in [-0.2, 0) is 4.79 Å². The Hall–Kier alpha value is -0.840. The number of ketones is 1. The molecule has 0 aromatic carbocycles. The van der Waals surface area contributed by atoms with E-state index in [1.54, 1.807) is 0 Å². The van der Waals surface area contributed by atoms with Gasteiger partial charge < -0.3 is 0 Å². The van der Waals surface area contributed by atoms with Gasteiger partial charge in [-0.3, -0.25) is 4.79 Å². The zero-order valence-electron chi connectivity index (χ0n) is 8.42. The molecule has 0 aromatic heterocycles. The smallest absolute Gasteiger partial charge is 0.150 e. The van der Waals surface area contributed by atoms with Gasteiger partial charge in [0.15, 0.2) is 5.78 Å². The number of nitriles is 1. The van der Waals surface area contributed by atoms with Crippen molar-refractivity contribution in [2.24, 2.45) is 17.8 Å². The lowest BCUT2D eigenvalue weighted by Gasteiger charge is -2.25. The normalized spacial score (nSPS) is 19.2. The summed E-state index contributed by atoms with van der Waals surface area (Å²) in [5.74, 6) is 0.530. The summed E-state index contributed by atoms with van der Waals surface area (Å²) >= 11 is 0. The van der Waals surface area contributed by atoms with E-state index in [1.807, 2.05) is 13.8 Å². The minimum absolute atomic E-state index is 0.155. The third-order valence-electron chi connectivity index (χ3n) is 2.87. The van der Waals surface area contributed by atoms with E-state index in [0.29, 0.717) is 12.3 Å². The summed E-state index contributed by atoms with van der Waals surface area (Å²) in [4.78, 5) is 11.6. The highest BCUT2D eigenvalue weighted by Crippen LogP contribution is 2.31. The molecule has 1 aliphatic carbocycles. The average molecular weight is 179 g/mol. The van der Waals surface area contributed by atoms with Crippen molar-refractivity contribution in [1.82, 2.24) is 0 Å². The number of carbonyl (C=O) groups is 1. The van der Waals surface area contributed by atoms with E-state index in [9.17, 15) is 4.79 Å². The van der Waals surface area contributed by atoms with Crippen LogP contribution >= 0.6 is 0 Å². The van der Waals surface area contributed by atoms with Crippen LogP contribution < -0.4 is 0 Å². The van der Waals surface area contributed by atoms with Crippen molar-refractivity contribution in [2.75, 3.05) is 0 Å². The molecule has 13 heavy (non-hydrogen) atoms. The highest BCUT2D eigenvalue weighted by atomic mass is 16.1. The van der Waals surface area contributed by atoms with E-state index >= 15 is 0 Å². The van der Waals surface area contributed by atoms with Gasteiger partial charge >= 0.3 is 0 Å². The van der Waals surface area contributed by atoms with Crippen molar-refractivity contribution in [2.45, 2.75) is 39.5 Å².